The quantitative estimate of drug-likeness (QED) is 0.801. The molecule has 0 aliphatic heterocycles. The number of aromatic nitrogens is 1. The molecular formula is C15H23ClN2O2. The summed E-state index contributed by atoms with van der Waals surface area (Å²) in [7, 11) is 0. The lowest BCUT2D eigenvalue weighted by atomic mass is 9.85. The predicted octanol–water partition coefficient (Wildman–Crippen LogP) is 3.05. The molecule has 3 unspecified atom stereocenters. The SMILES string of the molecule is CCCNC1CC(Oc2cncc(Cl)c2)C1OCCC. The average Bonchev–Trinajstić information content (AvgIpc) is 2.42. The second-order valence-corrected chi connectivity index (χ2v) is 5.56. The molecule has 112 valence electrons. The maximum atomic E-state index is 5.94. The van der Waals surface area contributed by atoms with Crippen molar-refractivity contribution in [2.45, 2.75) is 51.4 Å². The van der Waals surface area contributed by atoms with Crippen LogP contribution in [-0.4, -0.2) is 36.4 Å². The molecule has 0 radical (unpaired) electrons. The molecule has 1 aliphatic rings. The molecular weight excluding hydrogens is 276 g/mol. The van der Waals surface area contributed by atoms with E-state index in [4.69, 9.17) is 21.1 Å². The van der Waals surface area contributed by atoms with Crippen LogP contribution in [0.4, 0.5) is 0 Å². The highest BCUT2D eigenvalue weighted by Crippen LogP contribution is 2.30. The number of ether oxygens (including phenoxy) is 2. The molecule has 1 N–H and O–H groups in total. The summed E-state index contributed by atoms with van der Waals surface area (Å²) in [6, 6.07) is 2.18. The Balaban J connectivity index is 1.90. The van der Waals surface area contributed by atoms with Crippen LogP contribution in [0, 0.1) is 0 Å². The summed E-state index contributed by atoms with van der Waals surface area (Å²) in [4.78, 5) is 4.04. The molecule has 1 fully saturated rings. The zero-order chi connectivity index (χ0) is 14.4. The molecule has 0 bridgehead atoms. The molecule has 2 rings (SSSR count). The van der Waals surface area contributed by atoms with Crippen LogP contribution in [0.25, 0.3) is 0 Å². The summed E-state index contributed by atoms with van der Waals surface area (Å²) in [6.07, 6.45) is 6.59. The first-order chi connectivity index (χ1) is 9.74. The van der Waals surface area contributed by atoms with Gasteiger partial charge >= 0.3 is 0 Å². The van der Waals surface area contributed by atoms with Crippen molar-refractivity contribution < 1.29 is 9.47 Å². The molecule has 1 saturated carbocycles. The van der Waals surface area contributed by atoms with Gasteiger partial charge in [0.15, 0.2) is 0 Å². The number of halogens is 1. The number of rotatable bonds is 8. The molecule has 1 aliphatic carbocycles. The first-order valence-electron chi connectivity index (χ1n) is 7.36. The van der Waals surface area contributed by atoms with E-state index in [9.17, 15) is 0 Å². The van der Waals surface area contributed by atoms with Gasteiger partial charge in [-0.05, 0) is 19.4 Å². The number of nitrogens with zero attached hydrogens (tertiary/aromatic N) is 1. The molecule has 0 amide bonds. The molecule has 3 atom stereocenters. The van der Waals surface area contributed by atoms with Crippen LogP contribution in [-0.2, 0) is 4.74 Å². The second-order valence-electron chi connectivity index (χ2n) is 5.13. The minimum absolute atomic E-state index is 0.0798. The fourth-order valence-electron chi connectivity index (χ4n) is 2.34. The van der Waals surface area contributed by atoms with Crippen LogP contribution in [0.5, 0.6) is 5.75 Å². The molecule has 1 heterocycles. The molecule has 5 heteroatoms. The Labute approximate surface area is 125 Å². The molecule has 0 saturated heterocycles. The van der Waals surface area contributed by atoms with Crippen LogP contribution < -0.4 is 10.1 Å². The fourth-order valence-corrected chi connectivity index (χ4v) is 2.50. The Hall–Kier alpha value is -0.840. The van der Waals surface area contributed by atoms with Crippen molar-refractivity contribution in [1.82, 2.24) is 10.3 Å². The van der Waals surface area contributed by atoms with Crippen LogP contribution in [0.3, 0.4) is 0 Å². The van der Waals surface area contributed by atoms with Crippen molar-refractivity contribution in [3.8, 4) is 5.75 Å². The van der Waals surface area contributed by atoms with E-state index in [1.54, 1.807) is 18.5 Å². The molecule has 0 spiro atoms. The zero-order valence-corrected chi connectivity index (χ0v) is 12.9. The van der Waals surface area contributed by atoms with Gasteiger partial charge in [0.2, 0.25) is 0 Å². The minimum Gasteiger partial charge on any atom is -0.486 e. The maximum absolute atomic E-state index is 5.94. The summed E-state index contributed by atoms with van der Waals surface area (Å²) in [6.45, 7) is 6.06. The smallest absolute Gasteiger partial charge is 0.139 e. The third-order valence-electron chi connectivity index (χ3n) is 3.39. The normalized spacial score (nSPS) is 25.2. The van der Waals surface area contributed by atoms with Gasteiger partial charge in [0.25, 0.3) is 0 Å². The van der Waals surface area contributed by atoms with Gasteiger partial charge in [-0.2, -0.15) is 0 Å². The van der Waals surface area contributed by atoms with Crippen molar-refractivity contribution in [3.63, 3.8) is 0 Å². The van der Waals surface area contributed by atoms with Gasteiger partial charge in [-0.1, -0.05) is 25.4 Å². The Morgan fingerprint density at radius 3 is 2.90 bits per heavy atom. The third-order valence-corrected chi connectivity index (χ3v) is 3.59. The first-order valence-corrected chi connectivity index (χ1v) is 7.74. The van der Waals surface area contributed by atoms with Crippen molar-refractivity contribution in [3.05, 3.63) is 23.5 Å². The molecule has 1 aromatic rings. The average molecular weight is 299 g/mol. The summed E-state index contributed by atoms with van der Waals surface area (Å²) < 4.78 is 11.9. The number of pyridine rings is 1. The van der Waals surface area contributed by atoms with Crippen LogP contribution in [0.1, 0.15) is 33.1 Å². The van der Waals surface area contributed by atoms with E-state index >= 15 is 0 Å². The lowest BCUT2D eigenvalue weighted by Gasteiger charge is -2.44. The molecule has 4 nitrogen and oxygen atoms in total. The largest absolute Gasteiger partial charge is 0.486 e. The Morgan fingerprint density at radius 1 is 1.35 bits per heavy atom. The second kappa shape index (κ2) is 7.81. The van der Waals surface area contributed by atoms with Gasteiger partial charge in [-0.3, -0.25) is 4.98 Å². The molecule has 20 heavy (non-hydrogen) atoms. The van der Waals surface area contributed by atoms with Gasteiger partial charge in [-0.25, -0.2) is 0 Å². The highest BCUT2D eigenvalue weighted by Gasteiger charge is 2.43. The highest BCUT2D eigenvalue weighted by atomic mass is 35.5. The van der Waals surface area contributed by atoms with E-state index in [1.807, 2.05) is 0 Å². The lowest BCUT2D eigenvalue weighted by molar-refractivity contribution is -0.108. The monoisotopic (exact) mass is 298 g/mol. The van der Waals surface area contributed by atoms with Crippen molar-refractivity contribution in [2.24, 2.45) is 0 Å². The number of hydrogen-bond donors (Lipinski definition) is 1. The molecule has 0 aromatic carbocycles. The third kappa shape index (κ3) is 4.08. The highest BCUT2D eigenvalue weighted by molar-refractivity contribution is 6.30. The zero-order valence-electron chi connectivity index (χ0n) is 12.1. The van der Waals surface area contributed by atoms with Gasteiger partial charge in [0, 0.05) is 31.3 Å². The van der Waals surface area contributed by atoms with Crippen molar-refractivity contribution in [1.29, 1.82) is 0 Å². The van der Waals surface area contributed by atoms with Gasteiger partial charge in [-0.15, -0.1) is 0 Å². The summed E-state index contributed by atoms with van der Waals surface area (Å²) in [5.74, 6) is 0.710. The topological polar surface area (TPSA) is 43.4 Å². The first kappa shape index (κ1) is 15.5. The van der Waals surface area contributed by atoms with Crippen LogP contribution >= 0.6 is 11.6 Å². The summed E-state index contributed by atoms with van der Waals surface area (Å²) in [5, 5.41) is 4.10. The van der Waals surface area contributed by atoms with Gasteiger partial charge < -0.3 is 14.8 Å². The summed E-state index contributed by atoms with van der Waals surface area (Å²) >= 11 is 5.92. The van der Waals surface area contributed by atoms with Crippen LogP contribution in [0.2, 0.25) is 5.02 Å². The fraction of sp³-hybridized carbons (Fsp3) is 0.667. The van der Waals surface area contributed by atoms with E-state index in [2.05, 4.69) is 24.1 Å². The minimum atomic E-state index is 0.0798. The van der Waals surface area contributed by atoms with E-state index < -0.39 is 0 Å². The molecule has 1 aromatic heterocycles. The predicted molar refractivity (Wildman–Crippen MR) is 80.4 cm³/mol. The van der Waals surface area contributed by atoms with E-state index in [1.165, 1.54) is 0 Å². The number of hydrogen-bond acceptors (Lipinski definition) is 4. The van der Waals surface area contributed by atoms with Gasteiger partial charge in [0.1, 0.15) is 18.0 Å². The summed E-state index contributed by atoms with van der Waals surface area (Å²) in [5.41, 5.74) is 0. The van der Waals surface area contributed by atoms with Crippen LogP contribution in [0.15, 0.2) is 18.5 Å². The van der Waals surface area contributed by atoms with Crippen molar-refractivity contribution in [2.75, 3.05) is 13.2 Å². The Bertz CT molecular complexity index is 417. The number of nitrogens with one attached hydrogen (secondary N) is 1. The van der Waals surface area contributed by atoms with E-state index in [-0.39, 0.29) is 12.2 Å². The standard InChI is InChI=1S/C15H23ClN2O2/c1-3-5-18-13-8-14(15(13)19-6-4-2)20-12-7-11(16)9-17-10-12/h7,9-10,13-15,18H,3-6,8H2,1-2H3. The Kier molecular flexibility index (Phi) is 6.07. The van der Waals surface area contributed by atoms with E-state index in [0.29, 0.717) is 16.8 Å². The van der Waals surface area contributed by atoms with Gasteiger partial charge in [0.05, 0.1) is 11.2 Å². The van der Waals surface area contributed by atoms with Crippen molar-refractivity contribution >= 4 is 11.6 Å². The maximum Gasteiger partial charge on any atom is 0.139 e. The Morgan fingerprint density at radius 2 is 2.20 bits per heavy atom. The lowest BCUT2D eigenvalue weighted by Crippen LogP contribution is -2.61. The van der Waals surface area contributed by atoms with E-state index in [0.717, 1.165) is 32.4 Å².